The Kier molecular flexibility index (Phi) is 18.4. The zero-order chi connectivity index (χ0) is 41.8. The third-order valence-electron chi connectivity index (χ3n) is 8.11. The molecule has 0 aliphatic rings. The molecular weight excluding hydrogens is 722 g/mol. The van der Waals surface area contributed by atoms with Gasteiger partial charge in [-0.3, -0.25) is 29.6 Å². The topological polar surface area (TPSA) is 369 Å². The Morgan fingerprint density at radius 2 is 1.27 bits per heavy atom. The molecule has 0 saturated heterocycles. The lowest BCUT2D eigenvalue weighted by atomic mass is 9.85. The van der Waals surface area contributed by atoms with Crippen LogP contribution in [0, 0.1) is 10.8 Å². The zero-order valence-corrected chi connectivity index (χ0v) is 32.1. The Labute approximate surface area is 326 Å². The van der Waals surface area contributed by atoms with Crippen molar-refractivity contribution in [3.05, 3.63) is 70.8 Å². The van der Waals surface area contributed by atoms with Gasteiger partial charge in [-0.05, 0) is 52.9 Å². The van der Waals surface area contributed by atoms with Crippen LogP contribution in [-0.4, -0.2) is 78.6 Å². The second kappa shape index (κ2) is 22.6. The van der Waals surface area contributed by atoms with Crippen molar-refractivity contribution < 1.29 is 24.0 Å². The van der Waals surface area contributed by atoms with Crippen LogP contribution in [0.4, 0.5) is 0 Å². The third kappa shape index (κ3) is 17.5. The molecule has 0 radical (unpaired) electrons. The smallest absolute Gasteiger partial charge is 0.243 e. The summed E-state index contributed by atoms with van der Waals surface area (Å²) in [5.74, 6) is -2.69. The van der Waals surface area contributed by atoms with Crippen molar-refractivity contribution in [2.45, 2.75) is 84.1 Å². The number of benzene rings is 2. The summed E-state index contributed by atoms with van der Waals surface area (Å²) < 4.78 is 0. The molecule has 2 aromatic carbocycles. The van der Waals surface area contributed by atoms with Crippen LogP contribution in [-0.2, 0) is 43.5 Å². The standard InChI is InChI=1S/C36H57N15O5/c1-36(2,3)28(32(55)49-25(7-5-17-56-51-35(43)44)30(53)46-19-23-12-14-24(15-13-23)29(37)38)50-31(54)26(6-4-16-45-33(39)40)48-27(52)18-21-8-10-22(11-9-21)20-47-34(41)42/h8-15,25-26,28H,4-7,16-20H2,1-3H3,(H3,37,38)(H,46,53)(H,48,52)(H,49,55)(H,50,54)(H4,39,40,45)(H4,41,42,47)(H4,43,44,51)/t25-,26-,28+/m0/s1. The first-order valence-electron chi connectivity index (χ1n) is 17.9. The molecule has 19 N–H and O–H groups in total. The van der Waals surface area contributed by atoms with Crippen molar-refractivity contribution in [1.82, 2.24) is 21.3 Å². The van der Waals surface area contributed by atoms with E-state index in [1.165, 1.54) is 0 Å². The van der Waals surface area contributed by atoms with Crippen LogP contribution in [0.2, 0.25) is 0 Å². The van der Waals surface area contributed by atoms with E-state index in [1.807, 2.05) is 0 Å². The maximum atomic E-state index is 13.9. The van der Waals surface area contributed by atoms with Gasteiger partial charge < -0.3 is 66.2 Å². The van der Waals surface area contributed by atoms with Gasteiger partial charge in [-0.25, -0.2) is 4.99 Å². The lowest BCUT2D eigenvalue weighted by molar-refractivity contribution is -0.136. The molecule has 0 aromatic heterocycles. The third-order valence-corrected chi connectivity index (χ3v) is 8.11. The van der Waals surface area contributed by atoms with Crippen molar-refractivity contribution >= 4 is 47.3 Å². The second-order valence-electron chi connectivity index (χ2n) is 14.0. The quantitative estimate of drug-likeness (QED) is 0.0271. The molecule has 4 amide bonds. The number of nitrogens with zero attached hydrogens (tertiary/aromatic N) is 3. The minimum Gasteiger partial charge on any atom is -0.393 e. The fraction of sp³-hybridized carbons (Fsp3) is 0.444. The lowest BCUT2D eigenvalue weighted by Crippen LogP contribution is -2.60. The van der Waals surface area contributed by atoms with Crippen molar-refractivity contribution in [1.29, 1.82) is 5.41 Å². The predicted octanol–water partition coefficient (Wildman–Crippen LogP) is -1.86. The maximum Gasteiger partial charge on any atom is 0.243 e. The van der Waals surface area contributed by atoms with Gasteiger partial charge in [-0.15, -0.1) is 0 Å². The van der Waals surface area contributed by atoms with Crippen LogP contribution in [0.3, 0.4) is 0 Å². The zero-order valence-electron chi connectivity index (χ0n) is 32.1. The molecule has 2 rings (SSSR count). The van der Waals surface area contributed by atoms with Gasteiger partial charge in [0.2, 0.25) is 29.6 Å². The van der Waals surface area contributed by atoms with Gasteiger partial charge in [0.05, 0.1) is 13.0 Å². The van der Waals surface area contributed by atoms with Crippen LogP contribution in [0.25, 0.3) is 0 Å². The SMILES string of the molecule is CC(C)(C)[C@H](NC(=O)[C@H](CCCN=C(N)N)NC(=O)Cc1ccc(CN=C(N)N)cc1)C(=O)N[C@@H](CCCON=C(N)N)C(=O)NCc1ccc(C(=N)N)cc1. The molecule has 0 heterocycles. The summed E-state index contributed by atoms with van der Waals surface area (Å²) in [6.07, 6.45) is 0.860. The normalized spacial score (nSPS) is 12.4. The van der Waals surface area contributed by atoms with Crippen molar-refractivity contribution in [2.75, 3.05) is 13.2 Å². The number of aliphatic imine (C=N–C) groups is 2. The number of hydrogen-bond acceptors (Lipinski definition) is 9. The summed E-state index contributed by atoms with van der Waals surface area (Å²) in [5.41, 5.74) is 39.8. The molecule has 0 aliphatic carbocycles. The summed E-state index contributed by atoms with van der Waals surface area (Å²) in [6, 6.07) is 10.6. The van der Waals surface area contributed by atoms with Crippen LogP contribution in [0.5, 0.6) is 0 Å². The highest BCUT2D eigenvalue weighted by Gasteiger charge is 2.36. The number of nitrogens with one attached hydrogen (secondary N) is 5. The molecule has 2 aromatic rings. The lowest BCUT2D eigenvalue weighted by Gasteiger charge is -2.33. The molecule has 56 heavy (non-hydrogen) atoms. The van der Waals surface area contributed by atoms with E-state index in [-0.39, 0.29) is 75.6 Å². The van der Waals surface area contributed by atoms with E-state index >= 15 is 0 Å². The average Bonchev–Trinajstić information content (AvgIpc) is 3.12. The summed E-state index contributed by atoms with van der Waals surface area (Å²) in [5, 5.41) is 22.2. The molecule has 0 saturated carbocycles. The number of amides is 4. The molecule has 3 atom stereocenters. The van der Waals surface area contributed by atoms with E-state index in [0.29, 0.717) is 17.5 Å². The molecule has 0 unspecified atom stereocenters. The number of carbonyl (C=O) groups excluding carboxylic acids is 4. The van der Waals surface area contributed by atoms with E-state index in [2.05, 4.69) is 36.4 Å². The number of rotatable bonds is 22. The van der Waals surface area contributed by atoms with Crippen molar-refractivity contribution in [3.8, 4) is 0 Å². The Hall–Kier alpha value is -6.60. The van der Waals surface area contributed by atoms with Gasteiger partial charge >= 0.3 is 0 Å². The van der Waals surface area contributed by atoms with E-state index in [1.54, 1.807) is 69.3 Å². The van der Waals surface area contributed by atoms with E-state index in [9.17, 15) is 19.2 Å². The summed E-state index contributed by atoms with van der Waals surface area (Å²) in [4.78, 5) is 67.5. The van der Waals surface area contributed by atoms with Crippen molar-refractivity contribution in [3.63, 3.8) is 0 Å². The molecule has 20 heteroatoms. The van der Waals surface area contributed by atoms with Gasteiger partial charge in [-0.2, -0.15) is 0 Å². The van der Waals surface area contributed by atoms with Crippen LogP contribution in [0.1, 0.15) is 68.7 Å². The highest BCUT2D eigenvalue weighted by atomic mass is 16.6. The highest BCUT2D eigenvalue weighted by Crippen LogP contribution is 2.21. The first-order valence-corrected chi connectivity index (χ1v) is 17.9. The number of amidine groups is 1. The number of nitrogen functional groups attached to an aromatic ring is 1. The highest BCUT2D eigenvalue weighted by molar-refractivity contribution is 5.95. The minimum absolute atomic E-state index is 0.0337. The van der Waals surface area contributed by atoms with Gasteiger partial charge in [0.1, 0.15) is 30.6 Å². The van der Waals surface area contributed by atoms with Gasteiger partial charge in [0.15, 0.2) is 11.9 Å². The molecule has 0 aliphatic heterocycles. The van der Waals surface area contributed by atoms with E-state index < -0.39 is 47.2 Å². The second-order valence-corrected chi connectivity index (χ2v) is 14.0. The molecule has 0 bridgehead atoms. The Bertz CT molecular complexity index is 1710. The van der Waals surface area contributed by atoms with Crippen LogP contribution < -0.4 is 61.4 Å². The van der Waals surface area contributed by atoms with Crippen molar-refractivity contribution in [2.24, 2.45) is 60.7 Å². The predicted molar refractivity (Wildman–Crippen MR) is 215 cm³/mol. The minimum atomic E-state index is -1.14. The summed E-state index contributed by atoms with van der Waals surface area (Å²) in [7, 11) is 0. The first kappa shape index (κ1) is 45.6. The number of guanidine groups is 3. The summed E-state index contributed by atoms with van der Waals surface area (Å²) >= 11 is 0. The number of carbonyl (C=O) groups is 4. The van der Waals surface area contributed by atoms with Gasteiger partial charge in [-0.1, -0.05) is 69.3 Å². The molecule has 20 nitrogen and oxygen atoms in total. The number of nitrogens with two attached hydrogens (primary N) is 7. The fourth-order valence-electron chi connectivity index (χ4n) is 5.18. The molecule has 0 fully saturated rings. The van der Waals surface area contributed by atoms with E-state index in [4.69, 9.17) is 50.4 Å². The van der Waals surface area contributed by atoms with E-state index in [0.717, 1.165) is 11.1 Å². The Morgan fingerprint density at radius 1 is 0.696 bits per heavy atom. The van der Waals surface area contributed by atoms with Crippen LogP contribution >= 0.6 is 0 Å². The first-order chi connectivity index (χ1) is 26.3. The van der Waals surface area contributed by atoms with Gasteiger partial charge in [0, 0.05) is 18.7 Å². The Balaban J connectivity index is 2.24. The molecular formula is C36H57N15O5. The molecule has 306 valence electrons. The number of oxime groups is 1. The number of hydrogen-bond donors (Lipinski definition) is 12. The monoisotopic (exact) mass is 779 g/mol. The largest absolute Gasteiger partial charge is 0.393 e. The summed E-state index contributed by atoms with van der Waals surface area (Å²) in [6.45, 7) is 5.92. The van der Waals surface area contributed by atoms with Crippen LogP contribution in [0.15, 0.2) is 63.7 Å². The average molecular weight is 780 g/mol. The Morgan fingerprint density at radius 3 is 1.84 bits per heavy atom. The molecule has 0 spiro atoms. The van der Waals surface area contributed by atoms with Gasteiger partial charge in [0.25, 0.3) is 0 Å². The fourth-order valence-corrected chi connectivity index (χ4v) is 5.18. The maximum absolute atomic E-state index is 13.9.